The summed E-state index contributed by atoms with van der Waals surface area (Å²) in [5.74, 6) is -3.52. The number of aryl methyl sites for hydroxylation is 4. The van der Waals surface area contributed by atoms with Crippen molar-refractivity contribution in [3.8, 4) is 44.9 Å². The Morgan fingerprint density at radius 3 is 1.34 bits per heavy atom. The summed E-state index contributed by atoms with van der Waals surface area (Å²) in [4.78, 5) is 56.7. The van der Waals surface area contributed by atoms with E-state index in [0.29, 0.717) is 69.0 Å². The zero-order valence-electron chi connectivity index (χ0n) is 39.0. The van der Waals surface area contributed by atoms with Crippen molar-refractivity contribution < 1.29 is 48.4 Å². The van der Waals surface area contributed by atoms with Crippen LogP contribution in [0.2, 0.25) is 0 Å². The van der Waals surface area contributed by atoms with Gasteiger partial charge in [0.2, 0.25) is 0 Å². The number of hydrogen-bond donors (Lipinski definition) is 6. The molecule has 8 rings (SSSR count). The first-order valence-corrected chi connectivity index (χ1v) is 22.2. The smallest absolute Gasteiger partial charge is 0.336 e. The lowest BCUT2D eigenvalue weighted by molar-refractivity contribution is 0.0682. The summed E-state index contributed by atoms with van der Waals surface area (Å²) in [5, 5.41) is 48.6. The van der Waals surface area contributed by atoms with E-state index in [1.54, 1.807) is 6.07 Å². The predicted molar refractivity (Wildman–Crippen MR) is 264 cm³/mol. The monoisotopic (exact) mass is 916 g/mol. The van der Waals surface area contributed by atoms with Crippen LogP contribution in [0.4, 0.5) is 11.4 Å². The number of nitrogens with one attached hydrogen (secondary N) is 2. The summed E-state index contributed by atoms with van der Waals surface area (Å²) >= 11 is 0. The lowest BCUT2D eigenvalue weighted by atomic mass is 9.88. The molecular weight excluding hydrogens is 865 g/mol. The van der Waals surface area contributed by atoms with E-state index in [9.17, 15) is 39.6 Å². The second-order valence-corrected chi connectivity index (χ2v) is 16.3. The van der Waals surface area contributed by atoms with Crippen LogP contribution in [0.3, 0.4) is 0 Å². The third-order valence-electron chi connectivity index (χ3n) is 11.7. The fourth-order valence-electron chi connectivity index (χ4n) is 8.54. The Hall–Kier alpha value is -8.26. The normalized spacial score (nSPS) is 11.8. The molecule has 2 aliphatic heterocycles. The number of aromatic carboxylic acids is 4. The van der Waals surface area contributed by atoms with Gasteiger partial charge in [0.1, 0.15) is 22.7 Å². The van der Waals surface area contributed by atoms with Gasteiger partial charge in [0, 0.05) is 94.8 Å². The largest absolute Gasteiger partial charge is 0.478 e. The third kappa shape index (κ3) is 9.25. The fraction of sp³-hybridized carbons (Fsp3) is 0.222. The highest BCUT2D eigenvalue weighted by atomic mass is 16.4. The van der Waals surface area contributed by atoms with Gasteiger partial charge in [0.25, 0.3) is 0 Å². The highest BCUT2D eigenvalue weighted by molar-refractivity contribution is 6.11. The lowest BCUT2D eigenvalue weighted by Gasteiger charge is -2.19. The average Bonchev–Trinajstić information content (AvgIpc) is 3.29. The SMILES string of the molecule is CCN=c1cc2oc3cc(NCC)c(C)cc3c(-c3cc(C(=O)O)ccc3C(=O)O)c-2cc1C.CCN=c1cc2oc3cc(NCC)c(C)cc3c(-c3ccc(C(=O)O)cc3C(=O)O)c-2cc1C. The Balaban J connectivity index is 0.000000201. The first kappa shape index (κ1) is 47.7. The van der Waals surface area contributed by atoms with Crippen molar-refractivity contribution in [2.75, 3.05) is 36.8 Å². The number of carboxylic acid groups (broad SMARTS) is 4. The van der Waals surface area contributed by atoms with Crippen LogP contribution in [0.5, 0.6) is 0 Å². The van der Waals surface area contributed by atoms with Gasteiger partial charge in [-0.2, -0.15) is 0 Å². The van der Waals surface area contributed by atoms with Crippen molar-refractivity contribution in [2.24, 2.45) is 9.98 Å². The molecule has 14 nitrogen and oxygen atoms in total. The number of nitrogens with zero attached hydrogens (tertiary/aromatic N) is 2. The number of hydrogen-bond acceptors (Lipinski definition) is 10. The highest BCUT2D eigenvalue weighted by Gasteiger charge is 2.26. The summed E-state index contributed by atoms with van der Waals surface area (Å²) < 4.78 is 12.6. The number of rotatable bonds is 12. The van der Waals surface area contributed by atoms with Crippen LogP contribution in [0.1, 0.15) is 91.4 Å². The van der Waals surface area contributed by atoms with Crippen LogP contribution >= 0.6 is 0 Å². The molecule has 348 valence electrons. The molecule has 4 aliphatic rings. The molecule has 14 heteroatoms. The van der Waals surface area contributed by atoms with Gasteiger partial charge in [-0.1, -0.05) is 6.07 Å². The van der Waals surface area contributed by atoms with Gasteiger partial charge in [-0.3, -0.25) is 9.98 Å². The Morgan fingerprint density at radius 1 is 0.471 bits per heavy atom. The highest BCUT2D eigenvalue weighted by Crippen LogP contribution is 2.45. The first-order valence-electron chi connectivity index (χ1n) is 22.2. The molecule has 0 amide bonds. The molecule has 68 heavy (non-hydrogen) atoms. The molecule has 0 radical (unpaired) electrons. The summed E-state index contributed by atoms with van der Waals surface area (Å²) in [6, 6.07) is 23.6. The van der Waals surface area contributed by atoms with Crippen LogP contribution in [0, 0.1) is 27.7 Å². The maximum Gasteiger partial charge on any atom is 0.336 e. The van der Waals surface area contributed by atoms with Crippen LogP contribution in [0.15, 0.2) is 104 Å². The Kier molecular flexibility index (Phi) is 13.8. The number of fused-ring (bicyclic) bond motifs is 4. The van der Waals surface area contributed by atoms with E-state index in [-0.39, 0.29) is 22.3 Å². The zero-order valence-corrected chi connectivity index (χ0v) is 39.0. The second kappa shape index (κ2) is 19.7. The van der Waals surface area contributed by atoms with E-state index in [4.69, 9.17) is 8.83 Å². The Bertz CT molecular complexity index is 3420. The fourth-order valence-corrected chi connectivity index (χ4v) is 8.54. The maximum atomic E-state index is 12.2. The van der Waals surface area contributed by atoms with E-state index in [0.717, 1.165) is 68.4 Å². The van der Waals surface area contributed by atoms with Crippen LogP contribution in [-0.4, -0.2) is 70.5 Å². The molecule has 4 aromatic carbocycles. The van der Waals surface area contributed by atoms with E-state index < -0.39 is 23.9 Å². The lowest BCUT2D eigenvalue weighted by Crippen LogP contribution is -2.10. The van der Waals surface area contributed by atoms with Gasteiger partial charge in [0.05, 0.1) is 33.0 Å². The summed E-state index contributed by atoms with van der Waals surface area (Å²) in [6.07, 6.45) is 0. The molecule has 0 fully saturated rings. The van der Waals surface area contributed by atoms with Crippen LogP contribution < -0.4 is 21.3 Å². The van der Waals surface area contributed by atoms with Gasteiger partial charge < -0.3 is 39.9 Å². The summed E-state index contributed by atoms with van der Waals surface area (Å²) in [5.41, 5.74) is 10.1. The second-order valence-electron chi connectivity index (χ2n) is 16.3. The number of benzene rings is 6. The predicted octanol–water partition coefficient (Wildman–Crippen LogP) is 11.1. The van der Waals surface area contributed by atoms with Gasteiger partial charge in [-0.25, -0.2) is 19.2 Å². The molecule has 2 heterocycles. The molecular formula is C54H52N4O10. The minimum Gasteiger partial charge on any atom is -0.478 e. The molecule has 4 aromatic rings. The Labute approximate surface area is 391 Å². The number of anilines is 2. The minimum atomic E-state index is -1.20. The van der Waals surface area contributed by atoms with Crippen molar-refractivity contribution in [1.29, 1.82) is 0 Å². The van der Waals surface area contributed by atoms with E-state index in [2.05, 4.69) is 20.6 Å². The molecule has 0 bridgehead atoms. The van der Waals surface area contributed by atoms with Gasteiger partial charge in [-0.05, 0) is 143 Å². The zero-order chi connectivity index (χ0) is 49.1. The third-order valence-corrected chi connectivity index (χ3v) is 11.7. The average molecular weight is 917 g/mol. The molecule has 0 saturated carbocycles. The van der Waals surface area contributed by atoms with E-state index in [1.165, 1.54) is 30.3 Å². The van der Waals surface area contributed by atoms with Gasteiger partial charge in [0.15, 0.2) is 0 Å². The number of carbonyl (C=O) groups is 4. The maximum absolute atomic E-state index is 12.2. The van der Waals surface area contributed by atoms with Crippen LogP contribution in [0.25, 0.3) is 66.8 Å². The van der Waals surface area contributed by atoms with Crippen molar-refractivity contribution in [1.82, 2.24) is 0 Å². The van der Waals surface area contributed by atoms with E-state index >= 15 is 0 Å². The van der Waals surface area contributed by atoms with Crippen molar-refractivity contribution in [3.63, 3.8) is 0 Å². The molecule has 2 aliphatic carbocycles. The van der Waals surface area contributed by atoms with Crippen molar-refractivity contribution in [3.05, 3.63) is 140 Å². The topological polar surface area (TPSA) is 224 Å². The Morgan fingerprint density at radius 2 is 0.912 bits per heavy atom. The molecule has 0 aromatic heterocycles. The van der Waals surface area contributed by atoms with Gasteiger partial charge >= 0.3 is 23.9 Å². The molecule has 0 unspecified atom stereocenters. The quantitative estimate of drug-likeness (QED) is 0.0630. The van der Waals surface area contributed by atoms with E-state index in [1.807, 2.05) is 104 Å². The van der Waals surface area contributed by atoms with Crippen LogP contribution in [-0.2, 0) is 0 Å². The standard InChI is InChI=1S/2C27H26N2O5/c1-5-28-21-12-23-19(9-14(21)3)25(18-11-16(26(30)31)7-8-17(18)27(32)33)20-10-15(4)22(29-6-2)13-24(20)34-23;1-5-28-21-12-23-19(9-14(21)3)25(17-8-7-16(26(30)31)11-18(17)27(32)33)20-10-15(4)22(29-6-2)13-24(20)34-23/h2*7-13,28H,5-6H2,1-4H3,(H,30,31)(H,32,33). The molecule has 0 atom stereocenters. The molecule has 0 spiro atoms. The van der Waals surface area contributed by atoms with Crippen molar-refractivity contribution in [2.45, 2.75) is 55.4 Å². The minimum absolute atomic E-state index is 0.0115. The molecule has 6 N–H and O–H groups in total. The van der Waals surface area contributed by atoms with Crippen molar-refractivity contribution >= 4 is 57.2 Å². The number of carboxylic acids is 4. The van der Waals surface area contributed by atoms with Gasteiger partial charge in [-0.15, -0.1) is 0 Å². The first-order chi connectivity index (χ1) is 32.5. The summed E-state index contributed by atoms with van der Waals surface area (Å²) in [6.45, 7) is 18.5. The molecule has 0 saturated heterocycles. The summed E-state index contributed by atoms with van der Waals surface area (Å²) in [7, 11) is 0.